The van der Waals surface area contributed by atoms with Crippen LogP contribution in [-0.2, 0) is 6.42 Å². The molecule has 3 aromatic rings. The second-order valence-electron chi connectivity index (χ2n) is 7.03. The molecule has 7 nitrogen and oxygen atoms in total. The summed E-state index contributed by atoms with van der Waals surface area (Å²) in [5.74, 6) is 1.29. The highest BCUT2D eigenvalue weighted by atomic mass is 15.3. The fraction of sp³-hybridized carbons (Fsp3) is 0.333. The van der Waals surface area contributed by atoms with E-state index in [1.165, 1.54) is 24.1 Å². The van der Waals surface area contributed by atoms with E-state index >= 15 is 0 Å². The molecule has 7 heteroatoms. The highest BCUT2D eigenvalue weighted by molar-refractivity contribution is 5.61. The molecule has 1 fully saturated rings. The van der Waals surface area contributed by atoms with Crippen LogP contribution in [0.4, 0.5) is 23.1 Å². The number of pyridine rings is 1. The molecule has 2 aromatic heterocycles. The SMILES string of the molecule is CN(CCc1ccncc1)c1nncc(Nc2ccc(N3CCCC3)cc2)n1. The molecule has 4 rings (SSSR count). The average Bonchev–Trinajstić information content (AvgIpc) is 3.28. The smallest absolute Gasteiger partial charge is 0.247 e. The minimum Gasteiger partial charge on any atom is -0.372 e. The van der Waals surface area contributed by atoms with Crippen molar-refractivity contribution in [2.45, 2.75) is 19.3 Å². The van der Waals surface area contributed by atoms with Gasteiger partial charge in [0.25, 0.3) is 0 Å². The topological polar surface area (TPSA) is 70.1 Å². The van der Waals surface area contributed by atoms with E-state index in [9.17, 15) is 0 Å². The Hall–Kier alpha value is -3.22. The molecule has 1 aromatic carbocycles. The van der Waals surface area contributed by atoms with E-state index in [0.717, 1.165) is 31.7 Å². The van der Waals surface area contributed by atoms with Crippen LogP contribution in [0.1, 0.15) is 18.4 Å². The minimum absolute atomic E-state index is 0.604. The number of aromatic nitrogens is 4. The number of hydrogen-bond donors (Lipinski definition) is 1. The molecule has 0 unspecified atom stereocenters. The van der Waals surface area contributed by atoms with Gasteiger partial charge < -0.3 is 15.1 Å². The summed E-state index contributed by atoms with van der Waals surface area (Å²) in [5, 5.41) is 11.6. The normalized spacial score (nSPS) is 13.5. The van der Waals surface area contributed by atoms with Crippen LogP contribution in [0.25, 0.3) is 0 Å². The van der Waals surface area contributed by atoms with Gasteiger partial charge >= 0.3 is 0 Å². The number of benzene rings is 1. The van der Waals surface area contributed by atoms with Crippen molar-refractivity contribution in [3.8, 4) is 0 Å². The Morgan fingerprint density at radius 3 is 2.54 bits per heavy atom. The quantitative estimate of drug-likeness (QED) is 0.679. The van der Waals surface area contributed by atoms with Crippen LogP contribution in [-0.4, -0.2) is 46.8 Å². The summed E-state index contributed by atoms with van der Waals surface area (Å²) < 4.78 is 0. The molecule has 0 radical (unpaired) electrons. The molecule has 0 spiro atoms. The Morgan fingerprint density at radius 1 is 1.04 bits per heavy atom. The van der Waals surface area contributed by atoms with E-state index in [1.807, 2.05) is 36.5 Å². The maximum Gasteiger partial charge on any atom is 0.247 e. The zero-order valence-corrected chi connectivity index (χ0v) is 16.1. The van der Waals surface area contributed by atoms with E-state index in [-0.39, 0.29) is 0 Å². The van der Waals surface area contributed by atoms with Crippen LogP contribution in [0.15, 0.2) is 55.0 Å². The largest absolute Gasteiger partial charge is 0.372 e. The van der Waals surface area contributed by atoms with Crippen LogP contribution in [0, 0.1) is 0 Å². The Labute approximate surface area is 165 Å². The molecule has 0 saturated carbocycles. The van der Waals surface area contributed by atoms with Gasteiger partial charge in [-0.15, -0.1) is 5.10 Å². The number of nitrogens with zero attached hydrogens (tertiary/aromatic N) is 6. The fourth-order valence-corrected chi connectivity index (χ4v) is 3.34. The predicted molar refractivity (Wildman–Crippen MR) is 112 cm³/mol. The van der Waals surface area contributed by atoms with Gasteiger partial charge in [-0.1, -0.05) is 0 Å². The monoisotopic (exact) mass is 375 g/mol. The fourth-order valence-electron chi connectivity index (χ4n) is 3.34. The van der Waals surface area contributed by atoms with Gasteiger partial charge in [0.1, 0.15) is 0 Å². The summed E-state index contributed by atoms with van der Waals surface area (Å²) in [5.41, 5.74) is 3.51. The second kappa shape index (κ2) is 8.65. The first-order valence-corrected chi connectivity index (χ1v) is 9.70. The number of likely N-dealkylation sites (N-methyl/N-ethyl adjacent to an activating group) is 1. The maximum atomic E-state index is 4.60. The van der Waals surface area contributed by atoms with E-state index < -0.39 is 0 Å². The molecule has 3 heterocycles. The molecule has 144 valence electrons. The Kier molecular flexibility index (Phi) is 5.61. The molecule has 1 aliphatic rings. The standard InChI is InChI=1S/C21H25N7/c1-27(15-10-17-8-11-22-12-9-17)21-25-20(16-23-26-21)24-18-4-6-19(7-5-18)28-13-2-3-14-28/h4-9,11-12,16H,2-3,10,13-15H2,1H3,(H,24,25,26). The maximum absolute atomic E-state index is 4.60. The molecule has 1 N–H and O–H groups in total. The summed E-state index contributed by atoms with van der Waals surface area (Å²) in [6.45, 7) is 3.11. The van der Waals surface area contributed by atoms with Gasteiger partial charge in [0.05, 0.1) is 6.20 Å². The first-order valence-electron chi connectivity index (χ1n) is 9.70. The summed E-state index contributed by atoms with van der Waals surface area (Å²) in [7, 11) is 1.98. The van der Waals surface area contributed by atoms with Crippen LogP contribution in [0.3, 0.4) is 0 Å². The highest BCUT2D eigenvalue weighted by Crippen LogP contribution is 2.23. The van der Waals surface area contributed by atoms with E-state index in [1.54, 1.807) is 6.20 Å². The first kappa shape index (κ1) is 18.2. The Balaban J connectivity index is 1.37. The van der Waals surface area contributed by atoms with Gasteiger partial charge in [0.15, 0.2) is 5.82 Å². The lowest BCUT2D eigenvalue weighted by atomic mass is 10.2. The molecule has 28 heavy (non-hydrogen) atoms. The lowest BCUT2D eigenvalue weighted by Gasteiger charge is -2.18. The molecular formula is C21H25N7. The molecule has 1 saturated heterocycles. The van der Waals surface area contributed by atoms with Gasteiger partial charge in [0.2, 0.25) is 5.95 Å². The number of hydrogen-bond acceptors (Lipinski definition) is 7. The lowest BCUT2D eigenvalue weighted by Crippen LogP contribution is -2.23. The van der Waals surface area contributed by atoms with E-state index in [4.69, 9.17) is 0 Å². The van der Waals surface area contributed by atoms with Crippen molar-refractivity contribution >= 4 is 23.1 Å². The summed E-state index contributed by atoms with van der Waals surface area (Å²) in [4.78, 5) is 13.1. The van der Waals surface area contributed by atoms with E-state index in [2.05, 4.69) is 54.6 Å². The minimum atomic E-state index is 0.604. The average molecular weight is 375 g/mol. The molecule has 0 atom stereocenters. The number of rotatable bonds is 7. The Morgan fingerprint density at radius 2 is 1.79 bits per heavy atom. The van der Waals surface area contributed by atoms with Crippen molar-refractivity contribution in [3.63, 3.8) is 0 Å². The highest BCUT2D eigenvalue weighted by Gasteiger charge is 2.12. The van der Waals surface area contributed by atoms with Crippen molar-refractivity contribution in [2.75, 3.05) is 41.8 Å². The van der Waals surface area contributed by atoms with Gasteiger partial charge in [-0.25, -0.2) is 0 Å². The molecule has 0 aliphatic carbocycles. The summed E-state index contributed by atoms with van der Waals surface area (Å²) in [6.07, 6.45) is 8.74. The van der Waals surface area contributed by atoms with E-state index in [0.29, 0.717) is 11.8 Å². The van der Waals surface area contributed by atoms with Crippen LogP contribution in [0.2, 0.25) is 0 Å². The van der Waals surface area contributed by atoms with Crippen LogP contribution < -0.4 is 15.1 Å². The lowest BCUT2D eigenvalue weighted by molar-refractivity contribution is 0.812. The summed E-state index contributed by atoms with van der Waals surface area (Å²) >= 11 is 0. The third kappa shape index (κ3) is 4.54. The Bertz CT molecular complexity index is 877. The zero-order chi connectivity index (χ0) is 19.2. The zero-order valence-electron chi connectivity index (χ0n) is 16.1. The molecule has 0 bridgehead atoms. The number of nitrogens with one attached hydrogen (secondary N) is 1. The van der Waals surface area contributed by atoms with Crippen molar-refractivity contribution in [3.05, 3.63) is 60.6 Å². The summed E-state index contributed by atoms with van der Waals surface area (Å²) in [6, 6.07) is 12.5. The predicted octanol–water partition coefficient (Wildman–Crippen LogP) is 3.29. The van der Waals surface area contributed by atoms with Crippen LogP contribution in [0.5, 0.6) is 0 Å². The molecule has 1 aliphatic heterocycles. The van der Waals surface area contributed by atoms with Gasteiger partial charge in [-0.05, 0) is 61.2 Å². The van der Waals surface area contributed by atoms with Crippen molar-refractivity contribution < 1.29 is 0 Å². The van der Waals surface area contributed by atoms with Crippen molar-refractivity contribution in [1.82, 2.24) is 20.2 Å². The van der Waals surface area contributed by atoms with Crippen molar-refractivity contribution in [2.24, 2.45) is 0 Å². The third-order valence-corrected chi connectivity index (χ3v) is 4.99. The molecular weight excluding hydrogens is 350 g/mol. The number of anilines is 4. The third-order valence-electron chi connectivity index (χ3n) is 4.99. The van der Waals surface area contributed by atoms with Crippen LogP contribution >= 0.6 is 0 Å². The molecule has 0 amide bonds. The van der Waals surface area contributed by atoms with Crippen molar-refractivity contribution in [1.29, 1.82) is 0 Å². The van der Waals surface area contributed by atoms with Gasteiger partial charge in [0, 0.05) is 50.5 Å². The first-order chi connectivity index (χ1) is 13.8. The van der Waals surface area contributed by atoms with Gasteiger partial charge in [-0.3, -0.25) is 4.98 Å². The van der Waals surface area contributed by atoms with Gasteiger partial charge in [-0.2, -0.15) is 10.1 Å². The second-order valence-corrected chi connectivity index (χ2v) is 7.03.